The number of nitrogens with one attached hydrogen (secondary N) is 2. The molecular weight excluding hydrogens is 484 g/mol. The molecule has 0 saturated heterocycles. The molecule has 4 N–H and O–H groups in total. The Balaban J connectivity index is 1.40. The number of amides is 1. The molecule has 1 amide bonds. The maximum atomic E-state index is 12.8. The zero-order valence-corrected chi connectivity index (χ0v) is 20.5. The monoisotopic (exact) mass is 510 g/mol. The molecule has 0 heterocycles. The van der Waals surface area contributed by atoms with E-state index in [-0.39, 0.29) is 23.3 Å². The summed E-state index contributed by atoms with van der Waals surface area (Å²) in [6.45, 7) is 1.55. The summed E-state index contributed by atoms with van der Waals surface area (Å²) in [6, 6.07) is 28.4. The highest BCUT2D eigenvalue weighted by Crippen LogP contribution is 2.24. The molecule has 4 aromatic carbocycles. The molecule has 0 bridgehead atoms. The largest absolute Gasteiger partial charge is 0.478 e. The van der Waals surface area contributed by atoms with Crippen LogP contribution in [-0.2, 0) is 11.4 Å². The number of carbonyl (C=O) groups is 3. The Labute approximate surface area is 219 Å². The SMILES string of the molecule is CC(NOCc1ccc(-c2ccccc2)cc1C(=O)O)NC(=O)c1ccc(-c2ccccc2)cc1C(=O)O. The van der Waals surface area contributed by atoms with Gasteiger partial charge in [0, 0.05) is 0 Å². The van der Waals surface area contributed by atoms with Gasteiger partial charge >= 0.3 is 11.9 Å². The van der Waals surface area contributed by atoms with Crippen molar-refractivity contribution in [3.05, 3.63) is 119 Å². The normalized spacial score (nSPS) is 11.5. The first-order chi connectivity index (χ1) is 18.3. The van der Waals surface area contributed by atoms with Crippen molar-refractivity contribution < 1.29 is 29.4 Å². The summed E-state index contributed by atoms with van der Waals surface area (Å²) in [7, 11) is 0. The van der Waals surface area contributed by atoms with E-state index < -0.39 is 24.0 Å². The van der Waals surface area contributed by atoms with Crippen molar-refractivity contribution in [3.8, 4) is 22.3 Å². The number of aromatic carboxylic acids is 2. The summed E-state index contributed by atoms with van der Waals surface area (Å²) >= 11 is 0. The van der Waals surface area contributed by atoms with Gasteiger partial charge in [-0.2, -0.15) is 5.48 Å². The second-order valence-corrected chi connectivity index (χ2v) is 8.58. The van der Waals surface area contributed by atoms with Gasteiger partial charge in [0.2, 0.25) is 0 Å². The van der Waals surface area contributed by atoms with Gasteiger partial charge < -0.3 is 15.5 Å². The fraction of sp³-hybridized carbons (Fsp3) is 0.100. The number of carbonyl (C=O) groups excluding carboxylic acids is 1. The third-order valence-electron chi connectivity index (χ3n) is 5.88. The molecule has 38 heavy (non-hydrogen) atoms. The van der Waals surface area contributed by atoms with Gasteiger partial charge in [-0.1, -0.05) is 78.9 Å². The van der Waals surface area contributed by atoms with Gasteiger partial charge in [-0.3, -0.25) is 9.63 Å². The molecule has 0 spiro atoms. The minimum Gasteiger partial charge on any atom is -0.478 e. The van der Waals surface area contributed by atoms with Crippen LogP contribution in [0.4, 0.5) is 0 Å². The first-order valence-electron chi connectivity index (χ1n) is 11.9. The van der Waals surface area contributed by atoms with E-state index in [1.165, 1.54) is 12.1 Å². The van der Waals surface area contributed by atoms with E-state index >= 15 is 0 Å². The van der Waals surface area contributed by atoms with Crippen molar-refractivity contribution in [2.75, 3.05) is 0 Å². The summed E-state index contributed by atoms with van der Waals surface area (Å²) in [5.41, 5.74) is 6.29. The molecule has 0 radical (unpaired) electrons. The fourth-order valence-corrected chi connectivity index (χ4v) is 3.99. The van der Waals surface area contributed by atoms with E-state index in [9.17, 15) is 24.6 Å². The number of hydroxylamine groups is 1. The number of hydrogen-bond donors (Lipinski definition) is 4. The maximum absolute atomic E-state index is 12.8. The van der Waals surface area contributed by atoms with Gasteiger partial charge in [0.1, 0.15) is 0 Å². The second kappa shape index (κ2) is 12.0. The lowest BCUT2D eigenvalue weighted by Crippen LogP contribution is -2.43. The first-order valence-corrected chi connectivity index (χ1v) is 11.9. The third-order valence-corrected chi connectivity index (χ3v) is 5.88. The molecule has 0 aromatic heterocycles. The summed E-state index contributed by atoms with van der Waals surface area (Å²) in [4.78, 5) is 42.0. The van der Waals surface area contributed by atoms with Crippen molar-refractivity contribution >= 4 is 17.8 Å². The summed E-state index contributed by atoms with van der Waals surface area (Å²) in [5, 5.41) is 22.0. The number of rotatable bonds is 10. The standard InChI is InChI=1S/C30H26N2O6/c1-19(31-28(33)25-15-14-23(17-27(25)30(36)37)21-10-6-3-7-11-21)32-38-18-24-13-12-22(16-26(24)29(34)35)20-8-4-2-5-9-20/h2-17,19,32H,18H2,1H3,(H,31,33)(H,34,35)(H,36,37). The average Bonchev–Trinajstić information content (AvgIpc) is 2.93. The lowest BCUT2D eigenvalue weighted by molar-refractivity contribution is 0.000244. The van der Waals surface area contributed by atoms with Crippen molar-refractivity contribution in [1.82, 2.24) is 10.8 Å². The molecule has 1 unspecified atom stereocenters. The quantitative estimate of drug-likeness (QED) is 0.170. The van der Waals surface area contributed by atoms with Crippen LogP contribution in [0, 0.1) is 0 Å². The maximum Gasteiger partial charge on any atom is 0.336 e. The lowest BCUT2D eigenvalue weighted by atomic mass is 9.98. The van der Waals surface area contributed by atoms with E-state index in [1.807, 2.05) is 66.7 Å². The van der Waals surface area contributed by atoms with Crippen LogP contribution in [0.2, 0.25) is 0 Å². The number of carboxylic acid groups (broad SMARTS) is 2. The Bertz CT molecular complexity index is 1450. The summed E-state index contributed by atoms with van der Waals surface area (Å²) in [6.07, 6.45) is -0.699. The van der Waals surface area contributed by atoms with Crippen LogP contribution in [0.5, 0.6) is 0 Å². The Hall–Kier alpha value is -4.79. The van der Waals surface area contributed by atoms with Gasteiger partial charge in [-0.15, -0.1) is 0 Å². The summed E-state index contributed by atoms with van der Waals surface area (Å²) in [5.74, 6) is -2.89. The molecular formula is C30H26N2O6. The van der Waals surface area contributed by atoms with E-state index in [1.54, 1.807) is 25.1 Å². The molecule has 4 aromatic rings. The molecule has 0 aliphatic carbocycles. The molecule has 0 aliphatic heterocycles. The zero-order chi connectivity index (χ0) is 27.1. The number of carboxylic acids is 2. The molecule has 0 aliphatic rings. The molecule has 192 valence electrons. The molecule has 8 heteroatoms. The van der Waals surface area contributed by atoms with E-state index in [0.29, 0.717) is 11.1 Å². The smallest absolute Gasteiger partial charge is 0.336 e. The van der Waals surface area contributed by atoms with E-state index in [2.05, 4.69) is 10.8 Å². The van der Waals surface area contributed by atoms with Crippen LogP contribution >= 0.6 is 0 Å². The highest BCUT2D eigenvalue weighted by Gasteiger charge is 2.19. The highest BCUT2D eigenvalue weighted by atomic mass is 16.6. The minimum absolute atomic E-state index is 0.00972. The number of hydrogen-bond acceptors (Lipinski definition) is 5. The molecule has 0 fully saturated rings. The third kappa shape index (κ3) is 6.31. The highest BCUT2D eigenvalue weighted by molar-refractivity contribution is 6.05. The van der Waals surface area contributed by atoms with Crippen molar-refractivity contribution in [3.63, 3.8) is 0 Å². The predicted molar refractivity (Wildman–Crippen MR) is 143 cm³/mol. The fourth-order valence-electron chi connectivity index (χ4n) is 3.99. The molecule has 1 atom stereocenters. The lowest BCUT2D eigenvalue weighted by Gasteiger charge is -2.17. The van der Waals surface area contributed by atoms with Crippen LogP contribution in [0.25, 0.3) is 22.3 Å². The van der Waals surface area contributed by atoms with Crippen molar-refractivity contribution in [1.29, 1.82) is 0 Å². The first kappa shape index (κ1) is 26.3. The van der Waals surface area contributed by atoms with Crippen molar-refractivity contribution in [2.45, 2.75) is 19.7 Å². The van der Waals surface area contributed by atoms with E-state index in [0.717, 1.165) is 16.7 Å². The minimum atomic E-state index is -1.22. The Morgan fingerprint density at radius 1 is 0.684 bits per heavy atom. The van der Waals surface area contributed by atoms with Crippen LogP contribution in [0.1, 0.15) is 43.6 Å². The Morgan fingerprint density at radius 3 is 1.76 bits per heavy atom. The topological polar surface area (TPSA) is 125 Å². The van der Waals surface area contributed by atoms with Crippen LogP contribution in [0.3, 0.4) is 0 Å². The van der Waals surface area contributed by atoms with E-state index in [4.69, 9.17) is 4.84 Å². The Morgan fingerprint density at radius 2 is 1.21 bits per heavy atom. The van der Waals surface area contributed by atoms with Crippen LogP contribution in [-0.4, -0.2) is 34.2 Å². The number of benzene rings is 4. The Kier molecular flexibility index (Phi) is 8.27. The van der Waals surface area contributed by atoms with Crippen LogP contribution in [0.15, 0.2) is 97.1 Å². The van der Waals surface area contributed by atoms with Gasteiger partial charge in [0.15, 0.2) is 0 Å². The zero-order valence-electron chi connectivity index (χ0n) is 20.5. The summed E-state index contributed by atoms with van der Waals surface area (Å²) < 4.78 is 0. The van der Waals surface area contributed by atoms with Crippen molar-refractivity contribution in [2.24, 2.45) is 0 Å². The molecule has 4 rings (SSSR count). The van der Waals surface area contributed by atoms with Crippen LogP contribution < -0.4 is 10.8 Å². The second-order valence-electron chi connectivity index (χ2n) is 8.58. The predicted octanol–water partition coefficient (Wildman–Crippen LogP) is 5.21. The van der Waals surface area contributed by atoms with Gasteiger partial charge in [-0.25, -0.2) is 9.59 Å². The average molecular weight is 511 g/mol. The van der Waals surface area contributed by atoms with Gasteiger partial charge in [0.05, 0.1) is 29.5 Å². The van der Waals surface area contributed by atoms with Gasteiger partial charge in [-0.05, 0) is 52.9 Å². The molecule has 0 saturated carbocycles. The van der Waals surface area contributed by atoms with Gasteiger partial charge in [0.25, 0.3) is 5.91 Å². The molecule has 8 nitrogen and oxygen atoms in total.